The van der Waals surface area contributed by atoms with Gasteiger partial charge >= 0.3 is 0 Å². The number of nitrogens with one attached hydrogen (secondary N) is 1. The van der Waals surface area contributed by atoms with Crippen LogP contribution in [0.1, 0.15) is 26.2 Å². The van der Waals surface area contributed by atoms with Crippen molar-refractivity contribution >= 4 is 11.6 Å². The van der Waals surface area contributed by atoms with Gasteiger partial charge in [0, 0.05) is 6.54 Å². The van der Waals surface area contributed by atoms with Gasteiger partial charge in [0.05, 0.1) is 11.7 Å². The van der Waals surface area contributed by atoms with Gasteiger partial charge in [0.1, 0.15) is 0 Å². The van der Waals surface area contributed by atoms with Crippen LogP contribution < -0.4 is 10.2 Å². The molecular formula is C14H17F3N2O. The minimum atomic E-state index is -1.54. The van der Waals surface area contributed by atoms with Crippen molar-refractivity contribution in [1.82, 2.24) is 5.32 Å². The van der Waals surface area contributed by atoms with Crippen LogP contribution in [0.5, 0.6) is 0 Å². The molecule has 1 aromatic rings. The number of anilines is 1. The number of carbonyl (C=O) groups excluding carboxylic acids is 1. The van der Waals surface area contributed by atoms with Crippen molar-refractivity contribution < 1.29 is 18.0 Å². The van der Waals surface area contributed by atoms with Crippen molar-refractivity contribution in [2.24, 2.45) is 0 Å². The number of carbonyl (C=O) groups is 1. The third kappa shape index (κ3) is 2.80. The van der Waals surface area contributed by atoms with E-state index in [0.29, 0.717) is 25.9 Å². The summed E-state index contributed by atoms with van der Waals surface area (Å²) in [5, 5.41) is 3.08. The highest BCUT2D eigenvalue weighted by Gasteiger charge is 2.31. The van der Waals surface area contributed by atoms with Gasteiger partial charge in [0.15, 0.2) is 17.5 Å². The Labute approximate surface area is 115 Å². The second-order valence-electron chi connectivity index (χ2n) is 4.83. The van der Waals surface area contributed by atoms with Crippen LogP contribution >= 0.6 is 0 Å². The van der Waals surface area contributed by atoms with E-state index < -0.39 is 23.5 Å². The summed E-state index contributed by atoms with van der Waals surface area (Å²) in [5.41, 5.74) is -0.197. The van der Waals surface area contributed by atoms with E-state index in [1.807, 2.05) is 6.92 Å². The zero-order valence-electron chi connectivity index (χ0n) is 11.3. The molecule has 3 nitrogen and oxygen atoms in total. The van der Waals surface area contributed by atoms with E-state index in [9.17, 15) is 18.0 Å². The molecule has 2 rings (SSSR count). The Morgan fingerprint density at radius 1 is 1.30 bits per heavy atom. The maximum absolute atomic E-state index is 13.8. The van der Waals surface area contributed by atoms with Gasteiger partial charge in [0.25, 0.3) is 0 Å². The molecule has 6 heteroatoms. The minimum absolute atomic E-state index is 0.197. The molecule has 0 aromatic heterocycles. The predicted octanol–water partition coefficient (Wildman–Crippen LogP) is 2.60. The maximum Gasteiger partial charge on any atom is 0.244 e. The fourth-order valence-corrected chi connectivity index (χ4v) is 2.35. The fraction of sp³-hybridized carbons (Fsp3) is 0.500. The van der Waals surface area contributed by atoms with Crippen molar-refractivity contribution in [3.8, 4) is 0 Å². The molecule has 110 valence electrons. The van der Waals surface area contributed by atoms with E-state index >= 15 is 0 Å². The summed E-state index contributed by atoms with van der Waals surface area (Å²) >= 11 is 0. The smallest absolute Gasteiger partial charge is 0.244 e. The maximum atomic E-state index is 13.8. The molecule has 1 fully saturated rings. The number of nitrogens with zero attached hydrogens (tertiary/aromatic N) is 1. The minimum Gasteiger partial charge on any atom is -0.308 e. The summed E-state index contributed by atoms with van der Waals surface area (Å²) in [6.45, 7) is 2.97. The van der Waals surface area contributed by atoms with Crippen LogP contribution in [-0.2, 0) is 4.79 Å². The lowest BCUT2D eigenvalue weighted by Gasteiger charge is -2.33. The zero-order valence-corrected chi connectivity index (χ0v) is 11.3. The molecule has 1 aliphatic rings. The first-order chi connectivity index (χ1) is 9.56. The highest BCUT2D eigenvalue weighted by molar-refractivity contribution is 5.98. The van der Waals surface area contributed by atoms with Crippen LogP contribution in [0.4, 0.5) is 18.9 Å². The molecule has 0 bridgehead atoms. The standard InChI is InChI=1S/C14H17F3N2O/c1-2-7-18-10-4-3-8-19(14(10)20)11-6-5-9(15)12(16)13(11)17/h5-6,10,18H,2-4,7-8H2,1H3. The van der Waals surface area contributed by atoms with E-state index in [1.165, 1.54) is 4.90 Å². The van der Waals surface area contributed by atoms with Crippen LogP contribution in [0, 0.1) is 17.5 Å². The van der Waals surface area contributed by atoms with Gasteiger partial charge in [-0.1, -0.05) is 6.92 Å². The first-order valence-corrected chi connectivity index (χ1v) is 6.74. The van der Waals surface area contributed by atoms with Crippen LogP contribution in [0.2, 0.25) is 0 Å². The van der Waals surface area contributed by atoms with Crippen LogP contribution in [0.15, 0.2) is 12.1 Å². The molecule has 1 heterocycles. The third-order valence-electron chi connectivity index (χ3n) is 3.38. The second kappa shape index (κ2) is 6.26. The van der Waals surface area contributed by atoms with Gasteiger partial charge in [-0.15, -0.1) is 0 Å². The molecule has 0 spiro atoms. The highest BCUT2D eigenvalue weighted by atomic mass is 19.2. The average Bonchev–Trinajstić information content (AvgIpc) is 2.45. The first-order valence-electron chi connectivity index (χ1n) is 6.74. The largest absolute Gasteiger partial charge is 0.308 e. The first kappa shape index (κ1) is 14.8. The summed E-state index contributed by atoms with van der Waals surface area (Å²) in [7, 11) is 0. The Bertz CT molecular complexity index is 507. The number of rotatable bonds is 4. The van der Waals surface area contributed by atoms with Gasteiger partial charge in [-0.3, -0.25) is 4.79 Å². The second-order valence-corrected chi connectivity index (χ2v) is 4.83. The lowest BCUT2D eigenvalue weighted by Crippen LogP contribution is -2.51. The number of hydrogen-bond donors (Lipinski definition) is 1. The van der Waals surface area contributed by atoms with E-state index in [0.717, 1.165) is 18.6 Å². The summed E-state index contributed by atoms with van der Waals surface area (Å²) in [5.74, 6) is -4.40. The Morgan fingerprint density at radius 2 is 2.05 bits per heavy atom. The van der Waals surface area contributed by atoms with E-state index in [1.54, 1.807) is 0 Å². The molecule has 1 atom stereocenters. The van der Waals surface area contributed by atoms with Crippen molar-refractivity contribution in [2.75, 3.05) is 18.0 Å². The SMILES string of the molecule is CCCNC1CCCN(c2ccc(F)c(F)c2F)C1=O. The van der Waals surface area contributed by atoms with E-state index in [2.05, 4.69) is 5.32 Å². The van der Waals surface area contributed by atoms with Crippen LogP contribution in [0.25, 0.3) is 0 Å². The molecule has 1 saturated heterocycles. The Balaban J connectivity index is 2.24. The summed E-state index contributed by atoms with van der Waals surface area (Å²) in [6, 6.07) is 1.55. The van der Waals surface area contributed by atoms with Crippen LogP contribution in [-0.4, -0.2) is 25.0 Å². The van der Waals surface area contributed by atoms with Gasteiger partial charge in [-0.2, -0.15) is 0 Å². The van der Waals surface area contributed by atoms with E-state index in [-0.39, 0.29) is 11.6 Å². The topological polar surface area (TPSA) is 32.3 Å². The van der Waals surface area contributed by atoms with E-state index in [4.69, 9.17) is 0 Å². The van der Waals surface area contributed by atoms with Gasteiger partial charge < -0.3 is 10.2 Å². The van der Waals surface area contributed by atoms with Gasteiger partial charge in [-0.25, -0.2) is 13.2 Å². The number of benzene rings is 1. The zero-order chi connectivity index (χ0) is 14.7. The van der Waals surface area contributed by atoms with Crippen molar-refractivity contribution in [3.05, 3.63) is 29.6 Å². The number of piperidine rings is 1. The average molecular weight is 286 g/mol. The molecule has 1 unspecified atom stereocenters. The Kier molecular flexibility index (Phi) is 4.65. The van der Waals surface area contributed by atoms with Crippen molar-refractivity contribution in [3.63, 3.8) is 0 Å². The van der Waals surface area contributed by atoms with Crippen molar-refractivity contribution in [2.45, 2.75) is 32.2 Å². The lowest BCUT2D eigenvalue weighted by atomic mass is 10.0. The lowest BCUT2D eigenvalue weighted by molar-refractivity contribution is -0.121. The Morgan fingerprint density at radius 3 is 2.75 bits per heavy atom. The quantitative estimate of drug-likeness (QED) is 0.863. The molecular weight excluding hydrogens is 269 g/mol. The highest BCUT2D eigenvalue weighted by Crippen LogP contribution is 2.27. The summed E-state index contributed by atoms with van der Waals surface area (Å²) < 4.78 is 40.0. The molecule has 1 amide bonds. The third-order valence-corrected chi connectivity index (χ3v) is 3.38. The van der Waals surface area contributed by atoms with Crippen LogP contribution in [0.3, 0.4) is 0 Å². The molecule has 1 N–H and O–H groups in total. The summed E-state index contributed by atoms with van der Waals surface area (Å²) in [6.07, 6.45) is 2.23. The molecule has 20 heavy (non-hydrogen) atoms. The number of amides is 1. The fourth-order valence-electron chi connectivity index (χ4n) is 2.35. The van der Waals surface area contributed by atoms with Crippen molar-refractivity contribution in [1.29, 1.82) is 0 Å². The summed E-state index contributed by atoms with van der Waals surface area (Å²) in [4.78, 5) is 13.4. The monoisotopic (exact) mass is 286 g/mol. The number of halogens is 3. The Hall–Kier alpha value is -1.56. The number of hydrogen-bond acceptors (Lipinski definition) is 2. The normalized spacial score (nSPS) is 19.5. The van der Waals surface area contributed by atoms with Gasteiger partial charge in [0.2, 0.25) is 5.91 Å². The molecule has 0 radical (unpaired) electrons. The molecule has 1 aromatic carbocycles. The van der Waals surface area contributed by atoms with Gasteiger partial charge in [-0.05, 0) is 37.9 Å². The molecule has 1 aliphatic heterocycles. The predicted molar refractivity (Wildman–Crippen MR) is 70.0 cm³/mol. The molecule has 0 saturated carbocycles. The molecule has 0 aliphatic carbocycles.